The number of aromatic nitrogens is 3. The summed E-state index contributed by atoms with van der Waals surface area (Å²) in [6, 6.07) is 14.3. The largest absolute Gasteiger partial charge is 0.465 e. The molecule has 10 heteroatoms. The summed E-state index contributed by atoms with van der Waals surface area (Å²) in [7, 11) is -4.02. The summed E-state index contributed by atoms with van der Waals surface area (Å²) < 4.78 is 35.9. The molecule has 188 valence electrons. The Morgan fingerprint density at radius 2 is 1.78 bits per heavy atom. The first kappa shape index (κ1) is 23.6. The average Bonchev–Trinajstić information content (AvgIpc) is 3.51. The molecular formula is C26H28N4O4S2. The SMILES string of the molecule is Cc1ccc(S(=O)(=O)O)cc1.c1cc(-c2nnc(OC3C4CC5CC3CN(C5)C4)s2)c2cc[nH]c2c1. The number of nitrogens with one attached hydrogen (secondary N) is 1. The van der Waals surface area contributed by atoms with Gasteiger partial charge in [0.25, 0.3) is 15.3 Å². The van der Waals surface area contributed by atoms with Crippen molar-refractivity contribution in [2.75, 3.05) is 19.6 Å². The lowest BCUT2D eigenvalue weighted by molar-refractivity contribution is -0.0986. The molecule has 4 aromatic rings. The lowest BCUT2D eigenvalue weighted by Crippen LogP contribution is -2.61. The van der Waals surface area contributed by atoms with E-state index in [0.717, 1.165) is 32.8 Å². The van der Waals surface area contributed by atoms with Gasteiger partial charge in [-0.1, -0.05) is 46.3 Å². The zero-order chi connectivity index (χ0) is 24.9. The maximum absolute atomic E-state index is 10.5. The molecule has 2 unspecified atom stereocenters. The van der Waals surface area contributed by atoms with Crippen LogP contribution in [-0.4, -0.2) is 58.8 Å². The van der Waals surface area contributed by atoms with Crippen LogP contribution in [0.5, 0.6) is 5.19 Å². The van der Waals surface area contributed by atoms with Crippen LogP contribution in [-0.2, 0) is 10.1 Å². The molecule has 8 nitrogen and oxygen atoms in total. The molecule has 4 bridgehead atoms. The molecule has 0 amide bonds. The highest BCUT2D eigenvalue weighted by atomic mass is 32.2. The molecular weight excluding hydrogens is 496 g/mol. The molecule has 36 heavy (non-hydrogen) atoms. The molecule has 2 aromatic heterocycles. The number of nitrogens with zero attached hydrogens (tertiary/aromatic N) is 3. The summed E-state index contributed by atoms with van der Waals surface area (Å²) in [6.07, 6.45) is 4.95. The highest BCUT2D eigenvalue weighted by Gasteiger charge is 2.49. The van der Waals surface area contributed by atoms with E-state index in [1.165, 1.54) is 50.0 Å². The Hall–Kier alpha value is -2.79. The number of aromatic amines is 1. The molecule has 0 spiro atoms. The Labute approximate surface area is 214 Å². The second kappa shape index (κ2) is 9.26. The number of hydrogen-bond donors (Lipinski definition) is 2. The monoisotopic (exact) mass is 524 g/mol. The normalized spacial score (nSPS) is 26.6. The molecule has 2 N–H and O–H groups in total. The Bertz CT molecular complexity index is 1450. The number of benzene rings is 2. The van der Waals surface area contributed by atoms with E-state index < -0.39 is 10.1 Å². The topological polar surface area (TPSA) is 108 Å². The standard InChI is InChI=1S/C19H20N4OS.C7H8O3S/c1-2-15(14-4-5-20-16(14)3-1)18-21-22-19(25-18)24-17-12-6-11-7-13(17)10-23(8-11)9-12;1-6-2-4-7(5-3-6)11(8,9)10/h1-5,11-13,17,20H,6-10H2;2-5H,1H3,(H,8,9,10). The van der Waals surface area contributed by atoms with E-state index in [1.807, 2.05) is 13.1 Å². The Kier molecular flexibility index (Phi) is 6.07. The van der Waals surface area contributed by atoms with Gasteiger partial charge in [-0.25, -0.2) is 0 Å². The van der Waals surface area contributed by atoms with Gasteiger partial charge in [0, 0.05) is 54.1 Å². The van der Waals surface area contributed by atoms with Crippen LogP contribution in [0.2, 0.25) is 0 Å². The number of ether oxygens (including phenoxy) is 1. The van der Waals surface area contributed by atoms with E-state index in [4.69, 9.17) is 9.29 Å². The molecule has 4 aliphatic rings. The van der Waals surface area contributed by atoms with Crippen molar-refractivity contribution >= 4 is 32.4 Å². The van der Waals surface area contributed by atoms with Gasteiger partial charge in [-0.05, 0) is 49.9 Å². The Morgan fingerprint density at radius 1 is 1.03 bits per heavy atom. The average molecular weight is 525 g/mol. The number of piperidine rings is 3. The van der Waals surface area contributed by atoms with Crippen LogP contribution in [0.4, 0.5) is 0 Å². The van der Waals surface area contributed by atoms with E-state index >= 15 is 0 Å². The second-order valence-electron chi connectivity index (χ2n) is 10.1. The van der Waals surface area contributed by atoms with Crippen LogP contribution < -0.4 is 4.74 Å². The minimum Gasteiger partial charge on any atom is -0.465 e. The lowest BCUT2D eigenvalue weighted by atomic mass is 9.66. The van der Waals surface area contributed by atoms with Crippen molar-refractivity contribution in [3.8, 4) is 15.8 Å². The van der Waals surface area contributed by atoms with Crippen molar-refractivity contribution in [3.05, 3.63) is 60.3 Å². The van der Waals surface area contributed by atoms with E-state index in [2.05, 4.69) is 44.3 Å². The van der Waals surface area contributed by atoms with Crippen molar-refractivity contribution < 1.29 is 17.7 Å². The predicted molar refractivity (Wildman–Crippen MR) is 139 cm³/mol. The minimum atomic E-state index is -4.02. The Morgan fingerprint density at radius 3 is 2.47 bits per heavy atom. The summed E-state index contributed by atoms with van der Waals surface area (Å²) in [5, 5.41) is 11.6. The van der Waals surface area contributed by atoms with Gasteiger partial charge >= 0.3 is 0 Å². The van der Waals surface area contributed by atoms with Crippen LogP contribution in [0.1, 0.15) is 18.4 Å². The number of rotatable bonds is 4. The first-order valence-electron chi connectivity index (χ1n) is 12.2. The molecule has 2 atom stereocenters. The highest BCUT2D eigenvalue weighted by molar-refractivity contribution is 7.85. The molecule has 3 saturated heterocycles. The second-order valence-corrected chi connectivity index (χ2v) is 12.4. The zero-order valence-electron chi connectivity index (χ0n) is 19.9. The van der Waals surface area contributed by atoms with E-state index in [-0.39, 0.29) is 4.90 Å². The molecule has 1 saturated carbocycles. The van der Waals surface area contributed by atoms with Crippen molar-refractivity contribution in [1.82, 2.24) is 20.1 Å². The first-order valence-corrected chi connectivity index (χ1v) is 14.4. The zero-order valence-corrected chi connectivity index (χ0v) is 21.5. The summed E-state index contributed by atoms with van der Waals surface area (Å²) in [5.74, 6) is 2.24. The summed E-state index contributed by atoms with van der Waals surface area (Å²) in [4.78, 5) is 5.82. The fraction of sp³-hybridized carbons (Fsp3) is 0.385. The molecule has 4 fully saturated rings. The summed E-state index contributed by atoms with van der Waals surface area (Å²) in [5.41, 5.74) is 3.21. The third-order valence-electron chi connectivity index (χ3n) is 7.49. The van der Waals surface area contributed by atoms with E-state index in [9.17, 15) is 8.42 Å². The maximum atomic E-state index is 10.5. The molecule has 8 rings (SSSR count). The molecule has 1 aliphatic carbocycles. The van der Waals surface area contributed by atoms with Gasteiger partial charge in [0.1, 0.15) is 6.10 Å². The number of aryl methyl sites for hydroxylation is 1. The van der Waals surface area contributed by atoms with Crippen molar-refractivity contribution in [2.24, 2.45) is 17.8 Å². The smallest absolute Gasteiger partial charge is 0.294 e. The van der Waals surface area contributed by atoms with E-state index in [0.29, 0.717) is 17.9 Å². The first-order chi connectivity index (χ1) is 17.3. The third kappa shape index (κ3) is 4.66. The van der Waals surface area contributed by atoms with Gasteiger partial charge in [-0.3, -0.25) is 4.55 Å². The van der Waals surface area contributed by atoms with Gasteiger partial charge in [-0.15, -0.1) is 5.10 Å². The van der Waals surface area contributed by atoms with Crippen LogP contribution in [0.15, 0.2) is 59.6 Å². The maximum Gasteiger partial charge on any atom is 0.294 e. The molecule has 2 aromatic carbocycles. The lowest BCUT2D eigenvalue weighted by Gasteiger charge is -2.54. The van der Waals surface area contributed by atoms with Gasteiger partial charge in [-0.2, -0.15) is 8.42 Å². The van der Waals surface area contributed by atoms with Crippen molar-refractivity contribution in [1.29, 1.82) is 0 Å². The van der Waals surface area contributed by atoms with E-state index in [1.54, 1.807) is 23.5 Å². The quantitative estimate of drug-likeness (QED) is 0.374. The van der Waals surface area contributed by atoms with Gasteiger partial charge in [0.05, 0.1) is 4.90 Å². The molecule has 5 heterocycles. The van der Waals surface area contributed by atoms with Crippen molar-refractivity contribution in [3.63, 3.8) is 0 Å². The summed E-state index contributed by atoms with van der Waals surface area (Å²) in [6.45, 7) is 5.55. The number of hydrogen-bond acceptors (Lipinski definition) is 7. The fourth-order valence-corrected chi connectivity index (χ4v) is 7.28. The van der Waals surface area contributed by atoms with Crippen LogP contribution in [0.25, 0.3) is 21.5 Å². The third-order valence-corrected chi connectivity index (χ3v) is 9.21. The summed E-state index contributed by atoms with van der Waals surface area (Å²) >= 11 is 1.58. The predicted octanol–water partition coefficient (Wildman–Crippen LogP) is 4.65. The van der Waals surface area contributed by atoms with Crippen LogP contribution in [0, 0.1) is 24.7 Å². The minimum absolute atomic E-state index is 0.0666. The number of fused-ring (bicyclic) bond motifs is 1. The van der Waals surface area contributed by atoms with Gasteiger partial charge < -0.3 is 14.6 Å². The Balaban J connectivity index is 0.000000186. The molecule has 0 radical (unpaired) electrons. The van der Waals surface area contributed by atoms with Crippen LogP contribution in [0.3, 0.4) is 0 Å². The van der Waals surface area contributed by atoms with Gasteiger partial charge in [0.2, 0.25) is 0 Å². The number of H-pyrrole nitrogens is 1. The van der Waals surface area contributed by atoms with Crippen LogP contribution >= 0.6 is 11.3 Å². The fourth-order valence-electron chi connectivity index (χ4n) is 6.02. The molecule has 3 aliphatic heterocycles. The van der Waals surface area contributed by atoms with Crippen molar-refractivity contribution in [2.45, 2.75) is 30.8 Å². The van der Waals surface area contributed by atoms with Gasteiger partial charge in [0.15, 0.2) is 5.01 Å². The highest BCUT2D eigenvalue weighted by Crippen LogP contribution is 2.45.